The largest absolute Gasteiger partial charge is 0.310 e. The van der Waals surface area contributed by atoms with Crippen molar-refractivity contribution in [2.24, 2.45) is 0 Å². The summed E-state index contributed by atoms with van der Waals surface area (Å²) >= 11 is 0. The number of hydrogen-bond acceptors (Lipinski definition) is 4. The van der Waals surface area contributed by atoms with Crippen LogP contribution < -0.4 is 19.6 Å². The summed E-state index contributed by atoms with van der Waals surface area (Å²) in [5.41, 5.74) is 38.8. The third-order valence-corrected chi connectivity index (χ3v) is 24.8. The number of unbranched alkanes of at least 4 members (excludes halogenated alkanes) is 12. The summed E-state index contributed by atoms with van der Waals surface area (Å²) in [5, 5.41) is 10.6. The molecule has 0 N–H and O–H groups in total. The van der Waals surface area contributed by atoms with Crippen LogP contribution in [0.5, 0.6) is 0 Å². The predicted octanol–water partition coefficient (Wildman–Crippen LogP) is 34.7. The Kier molecular flexibility index (Phi) is 28.3. The van der Waals surface area contributed by atoms with E-state index in [2.05, 4.69) is 375 Å². The van der Waals surface area contributed by atoms with E-state index in [1.54, 1.807) is 11.1 Å². The fourth-order valence-electron chi connectivity index (χ4n) is 19.0. The molecule has 14 aromatic rings. The number of anilines is 12. The molecule has 0 heterocycles. The Morgan fingerprint density at radius 2 is 0.415 bits per heavy atom. The smallest absolute Gasteiger partial charge is 0.0520 e. The van der Waals surface area contributed by atoms with Crippen LogP contribution in [0.4, 0.5) is 68.2 Å². The molecule has 0 aliphatic carbocycles. The van der Waals surface area contributed by atoms with Gasteiger partial charge >= 0.3 is 0 Å². The molecule has 608 valence electrons. The van der Waals surface area contributed by atoms with Gasteiger partial charge in [0, 0.05) is 45.5 Å². The van der Waals surface area contributed by atoms with E-state index >= 15 is 0 Å². The van der Waals surface area contributed by atoms with Gasteiger partial charge in [-0.15, -0.1) is 0 Å². The van der Waals surface area contributed by atoms with E-state index in [1.807, 2.05) is 0 Å². The lowest BCUT2D eigenvalue weighted by Crippen LogP contribution is -2.14. The normalized spacial score (nSPS) is 11.5. The van der Waals surface area contributed by atoms with Crippen LogP contribution in [-0.4, -0.2) is 0 Å². The Morgan fingerprint density at radius 3 is 0.695 bits per heavy atom. The van der Waals surface area contributed by atoms with Crippen LogP contribution in [-0.2, 0) is 25.7 Å². The standard InChI is InChI=1S/C68H88N2.C46H44N2/c1-11-15-19-21-23-25-29-61-62(30-26-24-22-20-16-12-2)66-48-60(70(58-37-33-50(6)34-38-58)68-53(9)45-56(28-18-14-4)46-54(68)10)40-42-64(66)63-41-39-59(47-65(61)63)69(57-35-31-49(5)32-36-57)67-51(7)43-55(27-17-13-3)44-52(67)8;1-29-9-15-39(16-10-29)47(45-33(5)23-31(3)24-34(45)6)41-19-21-43-37(27-41)13-14-38-28-42(20-22-44(38)43)48(40-17-11-30(2)12-18-40)46-35(7)25-32(4)26-36(46)8/h31-48H,11-30H2,1-10H3;9-28H,1-8H3. The van der Waals surface area contributed by atoms with Gasteiger partial charge in [-0.1, -0.05) is 272 Å². The highest BCUT2D eigenvalue weighted by molar-refractivity contribution is 6.14. The zero-order valence-corrected chi connectivity index (χ0v) is 74.9. The molecule has 0 fully saturated rings. The molecule has 0 atom stereocenters. The average Bonchev–Trinajstić information content (AvgIpc) is 0.733. The minimum absolute atomic E-state index is 1.10. The SMILES string of the molecule is CCCCCCCCc1c(CCCCCCCC)c2cc(N(c3ccc(C)cc3)c3c(C)cc(CCCC)cc3C)ccc2c2ccc(N(c3ccc(C)cc3)c3c(C)cc(CCCC)cc3C)cc12.Cc1ccc(N(c2ccc3c(ccc4cc(N(c5ccc(C)cc5)c5c(C)cc(C)cc5C)ccc43)c2)c2c(C)cc(C)cc2C)cc1. The highest BCUT2D eigenvalue weighted by atomic mass is 15.2. The average molecular weight is 1560 g/mol. The van der Waals surface area contributed by atoms with Gasteiger partial charge in [0.05, 0.1) is 22.7 Å². The van der Waals surface area contributed by atoms with E-state index in [-0.39, 0.29) is 0 Å². The van der Waals surface area contributed by atoms with Gasteiger partial charge in [-0.2, -0.15) is 0 Å². The molecule has 4 heteroatoms. The molecule has 14 aromatic carbocycles. The molecular formula is C114H132N4. The maximum atomic E-state index is 2.59. The minimum atomic E-state index is 1.10. The van der Waals surface area contributed by atoms with Crippen molar-refractivity contribution in [1.29, 1.82) is 0 Å². The fourth-order valence-corrected chi connectivity index (χ4v) is 19.0. The number of fused-ring (bicyclic) bond motifs is 6. The molecule has 118 heavy (non-hydrogen) atoms. The second-order valence-electron chi connectivity index (χ2n) is 34.9. The maximum absolute atomic E-state index is 2.59. The molecule has 0 unspecified atom stereocenters. The van der Waals surface area contributed by atoms with Crippen LogP contribution in [0.1, 0.15) is 231 Å². The van der Waals surface area contributed by atoms with Crippen molar-refractivity contribution in [2.75, 3.05) is 19.6 Å². The Morgan fingerprint density at radius 1 is 0.178 bits per heavy atom. The topological polar surface area (TPSA) is 13.0 Å². The Bertz CT molecular complexity index is 5350. The zero-order valence-electron chi connectivity index (χ0n) is 74.9. The molecule has 0 aliphatic rings. The lowest BCUT2D eigenvalue weighted by Gasteiger charge is -2.31. The highest BCUT2D eigenvalue weighted by Gasteiger charge is 2.26. The zero-order chi connectivity index (χ0) is 83.3. The maximum Gasteiger partial charge on any atom is 0.0520 e. The summed E-state index contributed by atoms with van der Waals surface area (Å²) in [5.74, 6) is 0. The van der Waals surface area contributed by atoms with Crippen molar-refractivity contribution in [1.82, 2.24) is 0 Å². The van der Waals surface area contributed by atoms with Crippen LogP contribution in [0.25, 0.3) is 43.1 Å². The van der Waals surface area contributed by atoms with Gasteiger partial charge < -0.3 is 19.6 Å². The third kappa shape index (κ3) is 19.5. The third-order valence-electron chi connectivity index (χ3n) is 24.8. The Balaban J connectivity index is 0.000000219. The summed E-state index contributed by atoms with van der Waals surface area (Å²) in [4.78, 5) is 9.98. The second-order valence-corrected chi connectivity index (χ2v) is 34.9. The summed E-state index contributed by atoms with van der Waals surface area (Å²) in [6, 6.07) is 88.6. The molecule has 0 amide bonds. The quantitative estimate of drug-likeness (QED) is 0.0308. The number of aryl methyl sites for hydroxylation is 18. The summed E-state index contributed by atoms with van der Waals surface area (Å²) in [7, 11) is 0. The van der Waals surface area contributed by atoms with Gasteiger partial charge in [0.1, 0.15) is 0 Å². The first-order valence-corrected chi connectivity index (χ1v) is 44.9. The molecule has 0 bridgehead atoms. The lowest BCUT2D eigenvalue weighted by molar-refractivity contribution is 0.600. The van der Waals surface area contributed by atoms with E-state index in [1.165, 1.54) is 292 Å². The molecule has 0 radical (unpaired) electrons. The second kappa shape index (κ2) is 39.3. The van der Waals surface area contributed by atoms with Crippen LogP contribution in [0.15, 0.2) is 231 Å². The van der Waals surface area contributed by atoms with Gasteiger partial charge in [0.2, 0.25) is 0 Å². The molecular weight excluding hydrogens is 1430 g/mol. The van der Waals surface area contributed by atoms with Crippen molar-refractivity contribution < 1.29 is 0 Å². The first kappa shape index (κ1) is 85.2. The Labute approximate surface area is 710 Å². The van der Waals surface area contributed by atoms with Gasteiger partial charge in [0.25, 0.3) is 0 Å². The first-order chi connectivity index (χ1) is 57.1. The van der Waals surface area contributed by atoms with E-state index < -0.39 is 0 Å². The van der Waals surface area contributed by atoms with Crippen molar-refractivity contribution in [3.63, 3.8) is 0 Å². The molecule has 4 nitrogen and oxygen atoms in total. The number of hydrogen-bond donors (Lipinski definition) is 0. The van der Waals surface area contributed by atoms with Crippen molar-refractivity contribution >= 4 is 111 Å². The first-order valence-electron chi connectivity index (χ1n) is 44.9. The van der Waals surface area contributed by atoms with Crippen LogP contribution in [0.2, 0.25) is 0 Å². The van der Waals surface area contributed by atoms with Gasteiger partial charge in [-0.25, -0.2) is 0 Å². The van der Waals surface area contributed by atoms with Gasteiger partial charge in [-0.05, 0) is 355 Å². The summed E-state index contributed by atoms with van der Waals surface area (Å²) in [6.07, 6.45) is 24.8. The molecule has 0 aromatic heterocycles. The number of rotatable bonds is 32. The molecule has 14 rings (SSSR count). The number of nitrogens with zero attached hydrogens (tertiary/aromatic N) is 4. The lowest BCUT2D eigenvalue weighted by atomic mass is 9.86. The molecule has 0 saturated heterocycles. The monoisotopic (exact) mass is 1560 g/mol. The van der Waals surface area contributed by atoms with E-state index in [0.717, 1.165) is 37.1 Å². The van der Waals surface area contributed by atoms with Crippen molar-refractivity contribution in [2.45, 2.75) is 253 Å². The minimum Gasteiger partial charge on any atom is -0.310 e. The number of benzene rings is 14. The predicted molar refractivity (Wildman–Crippen MR) is 519 cm³/mol. The molecule has 0 saturated carbocycles. The van der Waals surface area contributed by atoms with E-state index in [0.29, 0.717) is 0 Å². The van der Waals surface area contributed by atoms with Gasteiger partial charge in [0.15, 0.2) is 0 Å². The fraction of sp³-hybridized carbons (Fsp3) is 0.333. The highest BCUT2D eigenvalue weighted by Crippen LogP contribution is 2.49. The van der Waals surface area contributed by atoms with Crippen LogP contribution in [0.3, 0.4) is 0 Å². The van der Waals surface area contributed by atoms with Gasteiger partial charge in [-0.3, -0.25) is 0 Å². The summed E-state index contributed by atoms with van der Waals surface area (Å²) < 4.78 is 0. The molecule has 0 spiro atoms. The van der Waals surface area contributed by atoms with Crippen molar-refractivity contribution in [3.05, 3.63) is 331 Å². The van der Waals surface area contributed by atoms with Crippen LogP contribution in [0, 0.1) is 96.9 Å². The van der Waals surface area contributed by atoms with E-state index in [9.17, 15) is 0 Å². The Hall–Kier alpha value is -10.7. The molecule has 0 aliphatic heterocycles. The van der Waals surface area contributed by atoms with Crippen LogP contribution >= 0.6 is 0 Å². The van der Waals surface area contributed by atoms with Crippen molar-refractivity contribution in [3.8, 4) is 0 Å². The summed E-state index contributed by atoms with van der Waals surface area (Å²) in [6.45, 7) is 40.5. The van der Waals surface area contributed by atoms with E-state index in [4.69, 9.17) is 0 Å².